The zero-order chi connectivity index (χ0) is 22.1. The third kappa shape index (κ3) is 3.98. The summed E-state index contributed by atoms with van der Waals surface area (Å²) < 4.78 is 0. The highest BCUT2D eigenvalue weighted by Crippen LogP contribution is 2.43. The highest BCUT2D eigenvalue weighted by Gasteiger charge is 2.54. The third-order valence-electron chi connectivity index (χ3n) is 4.46. The first-order valence-electron chi connectivity index (χ1n) is 8.66. The first-order valence-corrected chi connectivity index (χ1v) is 11.6. The molecule has 1 fully saturated rings. The summed E-state index contributed by atoms with van der Waals surface area (Å²) in [7, 11) is 0. The minimum absolute atomic E-state index is 0.0750. The number of β-lactam (4-membered cyclic amide) rings is 1. The summed E-state index contributed by atoms with van der Waals surface area (Å²) >= 11 is 3.72. The number of carboxylic acids is 1. The summed E-state index contributed by atoms with van der Waals surface area (Å²) in [6, 6.07) is -0.960. The maximum Gasteiger partial charge on any atom is 0.353 e. The van der Waals surface area contributed by atoms with Crippen LogP contribution in [0, 0.1) is 0 Å². The van der Waals surface area contributed by atoms with E-state index in [-0.39, 0.29) is 22.2 Å². The molecule has 15 heteroatoms. The van der Waals surface area contributed by atoms with Gasteiger partial charge in [-0.2, -0.15) is 0 Å². The molecule has 0 spiro atoms. The number of imidazole rings is 1. The van der Waals surface area contributed by atoms with Gasteiger partial charge in [-0.3, -0.25) is 14.5 Å². The fourth-order valence-corrected chi connectivity index (χ4v) is 6.14. The molecular formula is C16H15N7O5S3. The molecule has 0 aliphatic carbocycles. The molecule has 2 aliphatic heterocycles. The smallest absolute Gasteiger partial charge is 0.353 e. The number of hydrogen-bond acceptors (Lipinski definition) is 11. The Morgan fingerprint density at radius 1 is 1.48 bits per heavy atom. The first kappa shape index (κ1) is 21.2. The molecule has 0 unspecified atom stereocenters. The van der Waals surface area contributed by atoms with Crippen molar-refractivity contribution in [2.24, 2.45) is 5.16 Å². The number of carbonyl (C=O) groups excluding carboxylic acids is 2. The molecule has 12 nitrogen and oxygen atoms in total. The summed E-state index contributed by atoms with van der Waals surface area (Å²) in [4.78, 5) is 49.6. The van der Waals surface area contributed by atoms with E-state index in [0.29, 0.717) is 16.4 Å². The molecule has 1 saturated heterocycles. The maximum absolute atomic E-state index is 12.7. The molecule has 2 atom stereocenters. The zero-order valence-corrected chi connectivity index (χ0v) is 18.0. The lowest BCUT2D eigenvalue weighted by atomic mass is 10.0. The molecule has 2 amide bonds. The normalized spacial score (nSPS) is 21.0. The highest BCUT2D eigenvalue weighted by molar-refractivity contribution is 8.05. The average Bonchev–Trinajstić information content (AvgIpc) is 3.42. The van der Waals surface area contributed by atoms with Gasteiger partial charge in [-0.1, -0.05) is 5.16 Å². The lowest BCUT2D eigenvalue weighted by molar-refractivity contribution is -0.150. The number of oxime groups is 1. The van der Waals surface area contributed by atoms with Crippen LogP contribution in [0.3, 0.4) is 0 Å². The van der Waals surface area contributed by atoms with Crippen molar-refractivity contribution in [2.75, 3.05) is 11.5 Å². The molecular weight excluding hydrogens is 466 g/mol. The summed E-state index contributed by atoms with van der Waals surface area (Å²) in [5.41, 5.74) is 5.97. The van der Waals surface area contributed by atoms with Crippen molar-refractivity contribution >= 4 is 63.5 Å². The molecule has 4 heterocycles. The standard InChI is InChI=1S/C16H15N7O5S3/c17-16-20-7(3-31-16)9(22-28)12(24)21-10-13(25)23-11(15(26)27)8(4-30-14(10)23)29-2-6-1-18-5-19-6/h1,3,5,10,14,28H,2,4H2,(H2,17,20)(H,18,19)(H,21,24)(H,26,27)/b22-9-/t10-,14-/m1/s1. The van der Waals surface area contributed by atoms with Crippen LogP contribution in [0.15, 0.2) is 33.7 Å². The minimum Gasteiger partial charge on any atom is -0.477 e. The third-order valence-corrected chi connectivity index (χ3v) is 7.74. The second-order valence-electron chi connectivity index (χ2n) is 6.32. The molecule has 2 aromatic rings. The van der Waals surface area contributed by atoms with Crippen LogP contribution in [-0.4, -0.2) is 70.8 Å². The van der Waals surface area contributed by atoms with Crippen LogP contribution in [0.25, 0.3) is 0 Å². The molecule has 2 aliphatic rings. The van der Waals surface area contributed by atoms with E-state index in [1.54, 1.807) is 6.20 Å². The van der Waals surface area contributed by atoms with Crippen LogP contribution in [0.1, 0.15) is 11.4 Å². The summed E-state index contributed by atoms with van der Waals surface area (Å²) in [5.74, 6) is -1.74. The Morgan fingerprint density at radius 3 is 2.90 bits per heavy atom. The first-order chi connectivity index (χ1) is 14.9. The molecule has 2 aromatic heterocycles. The van der Waals surface area contributed by atoms with Crippen LogP contribution >= 0.6 is 34.9 Å². The van der Waals surface area contributed by atoms with E-state index < -0.39 is 29.2 Å². The lowest BCUT2D eigenvalue weighted by Gasteiger charge is -2.49. The second kappa shape index (κ2) is 8.60. The number of anilines is 1. The van der Waals surface area contributed by atoms with Crippen molar-refractivity contribution in [1.29, 1.82) is 0 Å². The van der Waals surface area contributed by atoms with Gasteiger partial charge in [0.05, 0.1) is 6.33 Å². The fourth-order valence-electron chi connectivity index (χ4n) is 3.05. The highest BCUT2D eigenvalue weighted by atomic mass is 32.2. The van der Waals surface area contributed by atoms with Crippen molar-refractivity contribution in [2.45, 2.75) is 17.2 Å². The lowest BCUT2D eigenvalue weighted by Crippen LogP contribution is -2.71. The number of nitrogens with two attached hydrogens (primary N) is 1. The number of rotatable bonds is 7. The number of hydrogen-bond donors (Lipinski definition) is 5. The predicted molar refractivity (Wildman–Crippen MR) is 114 cm³/mol. The molecule has 0 radical (unpaired) electrons. The maximum atomic E-state index is 12.7. The van der Waals surface area contributed by atoms with Gasteiger partial charge in [0.25, 0.3) is 11.8 Å². The Kier molecular flexibility index (Phi) is 5.88. The number of fused-ring (bicyclic) bond motifs is 1. The van der Waals surface area contributed by atoms with Crippen LogP contribution < -0.4 is 11.1 Å². The molecule has 6 N–H and O–H groups in total. The summed E-state index contributed by atoms with van der Waals surface area (Å²) in [6.45, 7) is 0. The van der Waals surface area contributed by atoms with Gasteiger partial charge in [0.2, 0.25) is 0 Å². The largest absolute Gasteiger partial charge is 0.477 e. The number of carboxylic acid groups (broad SMARTS) is 1. The molecule has 4 rings (SSSR count). The van der Waals surface area contributed by atoms with Crippen molar-refractivity contribution < 1.29 is 24.7 Å². The van der Waals surface area contributed by atoms with Gasteiger partial charge < -0.3 is 26.3 Å². The number of nitrogens with one attached hydrogen (secondary N) is 2. The average molecular weight is 482 g/mol. The van der Waals surface area contributed by atoms with Crippen molar-refractivity contribution in [3.8, 4) is 0 Å². The number of nitrogens with zero attached hydrogens (tertiary/aromatic N) is 4. The van der Waals surface area contributed by atoms with Crippen LogP contribution in [0.5, 0.6) is 0 Å². The number of nitrogen functional groups attached to an aromatic ring is 1. The monoisotopic (exact) mass is 481 g/mol. The van der Waals surface area contributed by atoms with Crippen LogP contribution in [0.4, 0.5) is 5.13 Å². The van der Waals surface area contributed by atoms with E-state index in [2.05, 4.69) is 25.4 Å². The Balaban J connectivity index is 1.48. The zero-order valence-electron chi connectivity index (χ0n) is 15.5. The molecule has 0 saturated carbocycles. The van der Waals surface area contributed by atoms with Gasteiger partial charge >= 0.3 is 5.97 Å². The van der Waals surface area contributed by atoms with Crippen molar-refractivity contribution in [1.82, 2.24) is 25.2 Å². The Bertz CT molecular complexity index is 1100. The van der Waals surface area contributed by atoms with Crippen LogP contribution in [-0.2, 0) is 20.1 Å². The van der Waals surface area contributed by atoms with Gasteiger partial charge in [0.15, 0.2) is 10.8 Å². The summed E-state index contributed by atoms with van der Waals surface area (Å²) in [6.07, 6.45) is 3.17. The Morgan fingerprint density at radius 2 is 2.29 bits per heavy atom. The number of H-pyrrole nitrogens is 1. The number of carbonyl (C=O) groups is 3. The molecule has 0 bridgehead atoms. The molecule has 0 aromatic carbocycles. The molecule has 162 valence electrons. The van der Waals surface area contributed by atoms with E-state index in [4.69, 9.17) is 5.73 Å². The van der Waals surface area contributed by atoms with Crippen molar-refractivity contribution in [3.05, 3.63) is 39.9 Å². The van der Waals surface area contributed by atoms with E-state index in [1.165, 1.54) is 40.1 Å². The van der Waals surface area contributed by atoms with Gasteiger partial charge in [0, 0.05) is 33.7 Å². The molecule has 31 heavy (non-hydrogen) atoms. The van der Waals surface area contributed by atoms with E-state index in [0.717, 1.165) is 17.0 Å². The number of aromatic amines is 1. The number of aromatic nitrogens is 3. The quantitative estimate of drug-likeness (QED) is 0.159. The van der Waals surface area contributed by atoms with Crippen molar-refractivity contribution in [3.63, 3.8) is 0 Å². The van der Waals surface area contributed by atoms with Crippen LogP contribution in [0.2, 0.25) is 0 Å². The SMILES string of the molecule is Nc1nc(/C(=N/O)C(=O)N[C@@H]2C(=O)N3C(C(=O)O)=C(SCc4cnc[nH]4)CS[C@H]23)cs1. The van der Waals surface area contributed by atoms with Gasteiger partial charge in [0.1, 0.15) is 22.8 Å². The topological polar surface area (TPSA) is 187 Å². The Hall–Kier alpha value is -3.04. The van der Waals surface area contributed by atoms with Gasteiger partial charge in [-0.25, -0.2) is 14.8 Å². The summed E-state index contributed by atoms with van der Waals surface area (Å²) in [5, 5.41) is 25.4. The fraction of sp³-hybridized carbons (Fsp3) is 0.250. The van der Waals surface area contributed by atoms with E-state index in [1.807, 2.05) is 0 Å². The van der Waals surface area contributed by atoms with Gasteiger partial charge in [-0.05, 0) is 0 Å². The van der Waals surface area contributed by atoms with Gasteiger partial charge in [-0.15, -0.1) is 34.9 Å². The minimum atomic E-state index is -1.22. The Labute approximate surface area is 187 Å². The predicted octanol–water partition coefficient (Wildman–Crippen LogP) is 0.256. The number of thiazole rings is 1. The van der Waals surface area contributed by atoms with E-state index in [9.17, 15) is 24.7 Å². The van der Waals surface area contributed by atoms with E-state index >= 15 is 0 Å². The number of aliphatic carboxylic acids is 1. The second-order valence-corrected chi connectivity index (χ2v) is 9.39. The number of amides is 2. The number of thioether (sulfide) groups is 2.